The van der Waals surface area contributed by atoms with Gasteiger partial charge in [0.25, 0.3) is 0 Å². The van der Waals surface area contributed by atoms with Gasteiger partial charge in [0.2, 0.25) is 0 Å². The predicted octanol–water partition coefficient (Wildman–Crippen LogP) is 0.287. The number of amidine groups is 1. The number of aliphatic carboxylic acids is 1. The van der Waals surface area contributed by atoms with E-state index in [0.717, 1.165) is 18.6 Å². The Morgan fingerprint density at radius 3 is 2.94 bits per heavy atom. The summed E-state index contributed by atoms with van der Waals surface area (Å²) in [5, 5.41) is 8.57. The highest BCUT2D eigenvalue weighted by molar-refractivity contribution is 7.99. The molecule has 1 rings (SSSR count). The van der Waals surface area contributed by atoms with E-state index in [0.29, 0.717) is 23.5 Å². The van der Waals surface area contributed by atoms with Gasteiger partial charge < -0.3 is 16.6 Å². The zero-order valence-electron chi connectivity index (χ0n) is 9.43. The van der Waals surface area contributed by atoms with Gasteiger partial charge in [0, 0.05) is 5.75 Å². The van der Waals surface area contributed by atoms with Crippen molar-refractivity contribution in [3.63, 3.8) is 0 Å². The van der Waals surface area contributed by atoms with E-state index >= 15 is 0 Å². The van der Waals surface area contributed by atoms with E-state index in [2.05, 4.69) is 4.99 Å². The third-order valence-electron chi connectivity index (χ3n) is 2.50. The summed E-state index contributed by atoms with van der Waals surface area (Å²) in [5.41, 5.74) is 10.9. The summed E-state index contributed by atoms with van der Waals surface area (Å²) < 4.78 is 0. The van der Waals surface area contributed by atoms with E-state index in [1.165, 1.54) is 0 Å². The number of carboxylic acid groups (broad SMARTS) is 1. The van der Waals surface area contributed by atoms with E-state index in [-0.39, 0.29) is 0 Å². The van der Waals surface area contributed by atoms with Crippen molar-refractivity contribution in [3.05, 3.63) is 0 Å². The Morgan fingerprint density at radius 1 is 1.69 bits per heavy atom. The average Bonchev–Trinajstić information content (AvgIpc) is 2.89. The van der Waals surface area contributed by atoms with Gasteiger partial charge in [-0.1, -0.05) is 0 Å². The molecule has 0 aromatic heterocycles. The average molecular weight is 245 g/mol. The van der Waals surface area contributed by atoms with Crippen molar-refractivity contribution in [2.45, 2.75) is 31.8 Å². The molecule has 92 valence electrons. The molecule has 0 saturated heterocycles. The molecule has 1 saturated carbocycles. The minimum atomic E-state index is -0.930. The zero-order chi connectivity index (χ0) is 12.1. The van der Waals surface area contributed by atoms with Crippen molar-refractivity contribution in [2.24, 2.45) is 22.4 Å². The molecule has 1 fully saturated rings. The molecular formula is C10H19N3O2S. The summed E-state index contributed by atoms with van der Waals surface area (Å²) in [7, 11) is 0. The van der Waals surface area contributed by atoms with Crippen LogP contribution in [-0.2, 0) is 4.79 Å². The van der Waals surface area contributed by atoms with Gasteiger partial charge in [0.1, 0.15) is 6.04 Å². The van der Waals surface area contributed by atoms with E-state index < -0.39 is 12.0 Å². The maximum Gasteiger partial charge on any atom is 0.321 e. The SMILES string of the molecule is CC(N)=NC1CC1CCSC[C@H](N)C(=O)O. The van der Waals surface area contributed by atoms with Gasteiger partial charge in [-0.05, 0) is 31.4 Å². The van der Waals surface area contributed by atoms with E-state index in [1.807, 2.05) is 0 Å². The zero-order valence-corrected chi connectivity index (χ0v) is 10.2. The summed E-state index contributed by atoms with van der Waals surface area (Å²) in [5.74, 6) is 1.77. The quantitative estimate of drug-likeness (QED) is 0.340. The fourth-order valence-corrected chi connectivity index (χ4v) is 2.51. The third-order valence-corrected chi connectivity index (χ3v) is 3.62. The molecule has 2 unspecified atom stereocenters. The van der Waals surface area contributed by atoms with E-state index in [9.17, 15) is 4.79 Å². The molecule has 3 atom stereocenters. The van der Waals surface area contributed by atoms with Crippen LogP contribution in [-0.4, -0.2) is 40.5 Å². The van der Waals surface area contributed by atoms with Gasteiger partial charge in [-0.25, -0.2) is 0 Å². The Hall–Kier alpha value is -0.750. The molecule has 1 aliphatic rings. The van der Waals surface area contributed by atoms with Crippen LogP contribution >= 0.6 is 11.8 Å². The van der Waals surface area contributed by atoms with Gasteiger partial charge in [-0.2, -0.15) is 11.8 Å². The summed E-state index contributed by atoms with van der Waals surface area (Å²) in [4.78, 5) is 14.7. The smallest absolute Gasteiger partial charge is 0.321 e. The fourth-order valence-electron chi connectivity index (χ4n) is 1.48. The van der Waals surface area contributed by atoms with Crippen LogP contribution in [0.4, 0.5) is 0 Å². The molecule has 0 aromatic carbocycles. The Labute approximate surface area is 99.7 Å². The van der Waals surface area contributed by atoms with Crippen LogP contribution in [0.15, 0.2) is 4.99 Å². The van der Waals surface area contributed by atoms with Crippen molar-refractivity contribution in [2.75, 3.05) is 11.5 Å². The van der Waals surface area contributed by atoms with Gasteiger partial charge >= 0.3 is 5.97 Å². The molecule has 16 heavy (non-hydrogen) atoms. The lowest BCUT2D eigenvalue weighted by molar-refractivity contribution is -0.137. The highest BCUT2D eigenvalue weighted by atomic mass is 32.2. The number of carboxylic acids is 1. The van der Waals surface area contributed by atoms with Crippen molar-refractivity contribution >= 4 is 23.6 Å². The largest absolute Gasteiger partial charge is 0.480 e. The highest BCUT2D eigenvalue weighted by Gasteiger charge is 2.36. The maximum atomic E-state index is 10.4. The minimum Gasteiger partial charge on any atom is -0.480 e. The second kappa shape index (κ2) is 6.10. The van der Waals surface area contributed by atoms with E-state index in [1.54, 1.807) is 18.7 Å². The molecule has 5 N–H and O–H groups in total. The molecule has 0 bridgehead atoms. The molecule has 0 aliphatic heterocycles. The Bertz CT molecular complexity index is 279. The molecule has 0 aromatic rings. The van der Waals surface area contributed by atoms with Crippen LogP contribution < -0.4 is 11.5 Å². The number of hydrogen-bond acceptors (Lipinski definition) is 4. The van der Waals surface area contributed by atoms with Crippen LogP contribution in [0.3, 0.4) is 0 Å². The lowest BCUT2D eigenvalue weighted by atomic mass is 10.3. The molecule has 6 heteroatoms. The van der Waals surface area contributed by atoms with Crippen LogP contribution in [0, 0.1) is 5.92 Å². The first kappa shape index (κ1) is 13.3. The normalized spacial score (nSPS) is 26.5. The Balaban J connectivity index is 2.02. The van der Waals surface area contributed by atoms with Gasteiger partial charge in [-0.15, -0.1) is 0 Å². The summed E-state index contributed by atoms with van der Waals surface area (Å²) in [6, 6.07) is -0.344. The molecule has 5 nitrogen and oxygen atoms in total. The summed E-state index contributed by atoms with van der Waals surface area (Å²) in [6.07, 6.45) is 2.18. The van der Waals surface area contributed by atoms with Crippen molar-refractivity contribution < 1.29 is 9.90 Å². The maximum absolute atomic E-state index is 10.4. The van der Waals surface area contributed by atoms with Crippen molar-refractivity contribution in [1.29, 1.82) is 0 Å². The Morgan fingerprint density at radius 2 is 2.38 bits per heavy atom. The van der Waals surface area contributed by atoms with Crippen molar-refractivity contribution in [3.8, 4) is 0 Å². The minimum absolute atomic E-state index is 0.402. The second-order valence-electron chi connectivity index (χ2n) is 4.14. The van der Waals surface area contributed by atoms with Crippen LogP contribution in [0.2, 0.25) is 0 Å². The first-order valence-electron chi connectivity index (χ1n) is 5.36. The third kappa shape index (κ3) is 4.85. The number of nitrogens with two attached hydrogens (primary N) is 2. The fraction of sp³-hybridized carbons (Fsp3) is 0.800. The molecule has 0 heterocycles. The number of aliphatic imine (C=N–C) groups is 1. The molecule has 1 aliphatic carbocycles. The summed E-state index contributed by atoms with van der Waals surface area (Å²) in [6.45, 7) is 1.80. The topological polar surface area (TPSA) is 102 Å². The molecule has 0 spiro atoms. The number of rotatable bonds is 7. The molecule has 0 radical (unpaired) electrons. The number of nitrogens with zero attached hydrogens (tertiary/aromatic N) is 1. The lowest BCUT2D eigenvalue weighted by Gasteiger charge is -2.05. The van der Waals surface area contributed by atoms with Crippen LogP contribution in [0.1, 0.15) is 19.8 Å². The predicted molar refractivity (Wildman–Crippen MR) is 66.7 cm³/mol. The van der Waals surface area contributed by atoms with Crippen LogP contribution in [0.25, 0.3) is 0 Å². The van der Waals surface area contributed by atoms with E-state index in [4.69, 9.17) is 16.6 Å². The molecule has 0 amide bonds. The Kier molecular flexibility index (Phi) is 5.08. The van der Waals surface area contributed by atoms with Gasteiger partial charge in [0.05, 0.1) is 11.9 Å². The molecular weight excluding hydrogens is 226 g/mol. The first-order chi connectivity index (χ1) is 7.50. The second-order valence-corrected chi connectivity index (χ2v) is 5.29. The van der Waals surface area contributed by atoms with Gasteiger partial charge in [-0.3, -0.25) is 9.79 Å². The monoisotopic (exact) mass is 245 g/mol. The number of hydrogen-bond donors (Lipinski definition) is 3. The lowest BCUT2D eigenvalue weighted by Crippen LogP contribution is -2.32. The van der Waals surface area contributed by atoms with Gasteiger partial charge in [0.15, 0.2) is 0 Å². The first-order valence-corrected chi connectivity index (χ1v) is 6.52. The summed E-state index contributed by atoms with van der Waals surface area (Å²) >= 11 is 1.59. The number of thioether (sulfide) groups is 1. The highest BCUT2D eigenvalue weighted by Crippen LogP contribution is 2.37. The standard InChI is InChI=1S/C10H19N3O2S/c1-6(11)13-9-4-7(9)2-3-16-5-8(12)10(14)15/h7-9H,2-5,12H2,1H3,(H2,11,13)(H,14,15)/t7?,8-,9?/m0/s1. The van der Waals surface area contributed by atoms with Crippen molar-refractivity contribution in [1.82, 2.24) is 0 Å². The number of carbonyl (C=O) groups is 1. The van der Waals surface area contributed by atoms with Crippen LogP contribution in [0.5, 0.6) is 0 Å².